The Hall–Kier alpha value is -2.22. The van der Waals surface area contributed by atoms with E-state index in [1.807, 2.05) is 0 Å². The van der Waals surface area contributed by atoms with Crippen LogP contribution in [0.2, 0.25) is 0 Å². The fourth-order valence-electron chi connectivity index (χ4n) is 13.6. The topological polar surface area (TPSA) is 113 Å². The largest absolute Gasteiger partial charge is 0.481 e. The number of carbonyl (C=O) groups excluding carboxylic acids is 3. The Labute approximate surface area is 320 Å². The van der Waals surface area contributed by atoms with E-state index in [0.29, 0.717) is 36.5 Å². The highest BCUT2D eigenvalue weighted by Gasteiger charge is 2.70. The Bertz CT molecular complexity index is 1510. The average Bonchev–Trinajstić information content (AvgIpc) is 3.81. The lowest BCUT2D eigenvalue weighted by molar-refractivity contribution is -0.233. The molecule has 0 radical (unpaired) electrons. The van der Waals surface area contributed by atoms with E-state index < -0.39 is 17.4 Å². The molecule has 0 heterocycles. The first-order valence-corrected chi connectivity index (χ1v) is 21.3. The van der Waals surface area contributed by atoms with Crippen molar-refractivity contribution < 1.29 is 29.0 Å². The van der Waals surface area contributed by atoms with E-state index in [9.17, 15) is 24.3 Å². The maximum atomic E-state index is 14.2. The van der Waals surface area contributed by atoms with Gasteiger partial charge in [0.1, 0.15) is 6.10 Å². The highest BCUT2D eigenvalue weighted by molar-refractivity contribution is 6.00. The number of hydrogen-bond donors (Lipinski definition) is 2. The normalized spacial score (nSPS) is 37.8. The van der Waals surface area contributed by atoms with Gasteiger partial charge in [0.15, 0.2) is 5.78 Å². The first kappa shape index (κ1) is 40.4. The summed E-state index contributed by atoms with van der Waals surface area (Å²) in [7, 11) is 0. The van der Waals surface area contributed by atoms with Crippen molar-refractivity contribution in [1.29, 1.82) is 0 Å². The highest BCUT2D eigenvalue weighted by atomic mass is 16.5. The summed E-state index contributed by atoms with van der Waals surface area (Å²) >= 11 is 0. The van der Waals surface area contributed by atoms with Gasteiger partial charge in [-0.15, -0.1) is 0 Å². The van der Waals surface area contributed by atoms with E-state index in [-0.39, 0.29) is 51.4 Å². The van der Waals surface area contributed by atoms with E-state index in [0.717, 1.165) is 82.5 Å². The smallest absolute Gasteiger partial charge is 0.309 e. The van der Waals surface area contributed by atoms with Gasteiger partial charge in [-0.25, -0.2) is 0 Å². The maximum Gasteiger partial charge on any atom is 0.309 e. The molecule has 6 aliphatic rings. The van der Waals surface area contributed by atoms with Crippen LogP contribution in [0.15, 0.2) is 11.1 Å². The number of hydrogen-bond acceptors (Lipinski definition) is 6. The SMILES string of the molecule is CC(=O)NCCN(CC[C@@]12CC[C@]3(C)[C@H](CCC4[C@@]5(C)CC[C@H](OC(=O)CC(C)(C)C(=O)O)C(C)(C)C5CC[C@]43C)C1=C(C(C)C)C(=O)C2)CC1CC1. The monoisotopic (exact) mass is 737 g/mol. The summed E-state index contributed by atoms with van der Waals surface area (Å²) in [5.41, 5.74) is 1.63. The number of aliphatic carboxylic acids is 1. The Morgan fingerprint density at radius 2 is 1.60 bits per heavy atom. The number of carboxylic acids is 1. The summed E-state index contributed by atoms with van der Waals surface area (Å²) in [4.78, 5) is 53.3. The zero-order valence-electron chi connectivity index (χ0n) is 34.9. The number of esters is 1. The van der Waals surface area contributed by atoms with Crippen molar-refractivity contribution in [2.45, 2.75) is 159 Å². The second kappa shape index (κ2) is 14.1. The standard InChI is InChI=1S/C45H72N2O6/c1-28(2)37-32(49)25-45(21-23-47(27-30-11-12-30)24-22-46-29(3)48)20-19-43(9)31(38(37)45)13-14-34-42(8)17-16-35(53-36(50)26-40(4,5)39(51)52)41(6,7)33(42)15-18-44(34,43)10/h28,30-31,33-35H,11-27H2,1-10H3,(H,46,48)(H,51,52)/t31-,33?,34?,35+,42+,43-,44-,45-/m1/s1. The Kier molecular flexibility index (Phi) is 10.7. The maximum absolute atomic E-state index is 14.2. The molecule has 8 heteroatoms. The second-order valence-corrected chi connectivity index (χ2v) is 21.2. The summed E-state index contributed by atoms with van der Waals surface area (Å²) in [5, 5.41) is 12.6. The average molecular weight is 737 g/mol. The molecule has 0 aromatic carbocycles. The molecule has 1 amide bonds. The first-order chi connectivity index (χ1) is 24.6. The number of amides is 1. The van der Waals surface area contributed by atoms with Crippen molar-refractivity contribution in [3.05, 3.63) is 11.1 Å². The fourth-order valence-corrected chi connectivity index (χ4v) is 13.6. The fraction of sp³-hybridized carbons (Fsp3) is 0.867. The zero-order chi connectivity index (χ0) is 38.9. The molecule has 0 spiro atoms. The van der Waals surface area contributed by atoms with Gasteiger partial charge in [0.25, 0.3) is 0 Å². The lowest BCUT2D eigenvalue weighted by atomic mass is 9.33. The van der Waals surface area contributed by atoms with Gasteiger partial charge in [0, 0.05) is 43.8 Å². The number of carbonyl (C=O) groups is 4. The number of carboxylic acid groups (broad SMARTS) is 1. The van der Waals surface area contributed by atoms with Crippen LogP contribution >= 0.6 is 0 Å². The third-order valence-corrected chi connectivity index (χ3v) is 16.9. The van der Waals surface area contributed by atoms with Crippen molar-refractivity contribution in [2.24, 2.45) is 62.1 Å². The predicted octanol–water partition coefficient (Wildman–Crippen LogP) is 8.62. The number of rotatable bonds is 13. The van der Waals surface area contributed by atoms with Crippen LogP contribution in [-0.4, -0.2) is 65.9 Å². The van der Waals surface area contributed by atoms with Gasteiger partial charge in [0.05, 0.1) is 11.8 Å². The van der Waals surface area contributed by atoms with Gasteiger partial charge in [-0.2, -0.15) is 0 Å². The molecule has 2 N–H and O–H groups in total. The van der Waals surface area contributed by atoms with Crippen molar-refractivity contribution in [3.63, 3.8) is 0 Å². The predicted molar refractivity (Wildman–Crippen MR) is 208 cm³/mol. The van der Waals surface area contributed by atoms with Crippen LogP contribution in [0.3, 0.4) is 0 Å². The van der Waals surface area contributed by atoms with Crippen molar-refractivity contribution in [3.8, 4) is 0 Å². The summed E-state index contributed by atoms with van der Waals surface area (Å²) < 4.78 is 6.19. The van der Waals surface area contributed by atoms with E-state index in [1.54, 1.807) is 26.3 Å². The molecule has 298 valence electrons. The van der Waals surface area contributed by atoms with Gasteiger partial charge in [-0.3, -0.25) is 19.2 Å². The highest BCUT2D eigenvalue weighted by Crippen LogP contribution is 2.77. The number of fused-ring (bicyclic) bond motifs is 7. The number of nitrogens with zero attached hydrogens (tertiary/aromatic N) is 1. The molecule has 0 bridgehead atoms. The Morgan fingerprint density at radius 1 is 0.906 bits per heavy atom. The summed E-state index contributed by atoms with van der Waals surface area (Å²) in [5.74, 6) is 1.41. The summed E-state index contributed by atoms with van der Waals surface area (Å²) in [6, 6.07) is 0. The third-order valence-electron chi connectivity index (χ3n) is 16.9. The van der Waals surface area contributed by atoms with Crippen molar-refractivity contribution in [1.82, 2.24) is 10.2 Å². The van der Waals surface area contributed by atoms with E-state index in [4.69, 9.17) is 4.74 Å². The molecule has 0 aliphatic heterocycles. The molecule has 8 atom stereocenters. The Balaban J connectivity index is 1.25. The minimum Gasteiger partial charge on any atom is -0.481 e. The van der Waals surface area contributed by atoms with E-state index in [1.165, 1.54) is 19.3 Å². The molecule has 0 saturated heterocycles. The molecule has 5 saturated carbocycles. The zero-order valence-corrected chi connectivity index (χ0v) is 34.9. The number of ether oxygens (including phenoxy) is 1. The number of allylic oxidation sites excluding steroid dienone is 2. The van der Waals surface area contributed by atoms with Crippen LogP contribution in [-0.2, 0) is 23.9 Å². The minimum atomic E-state index is -1.15. The van der Waals surface area contributed by atoms with Crippen molar-refractivity contribution >= 4 is 23.6 Å². The first-order valence-electron chi connectivity index (χ1n) is 21.3. The second-order valence-electron chi connectivity index (χ2n) is 21.2. The van der Waals surface area contributed by atoms with Crippen LogP contribution in [0.25, 0.3) is 0 Å². The number of Topliss-reactive ketones (excluding diaryl/α,β-unsaturated/α-hetero) is 1. The van der Waals surface area contributed by atoms with Crippen LogP contribution < -0.4 is 5.32 Å². The molecule has 5 fully saturated rings. The number of nitrogens with one attached hydrogen (secondary N) is 1. The minimum absolute atomic E-state index is 0.0267. The summed E-state index contributed by atoms with van der Waals surface area (Å²) in [6.07, 6.45) is 12.6. The van der Waals surface area contributed by atoms with Gasteiger partial charge < -0.3 is 20.1 Å². The molecule has 6 rings (SSSR count). The number of ketones is 1. The summed E-state index contributed by atoms with van der Waals surface area (Å²) in [6.45, 7) is 25.3. The van der Waals surface area contributed by atoms with Gasteiger partial charge >= 0.3 is 11.9 Å². The van der Waals surface area contributed by atoms with Crippen LogP contribution in [0.1, 0.15) is 153 Å². The van der Waals surface area contributed by atoms with Crippen LogP contribution in [0.5, 0.6) is 0 Å². The molecule has 2 unspecified atom stereocenters. The quantitative estimate of drug-likeness (QED) is 0.182. The molecular weight excluding hydrogens is 665 g/mol. The van der Waals surface area contributed by atoms with Gasteiger partial charge in [0.2, 0.25) is 5.91 Å². The molecule has 0 aromatic rings. The van der Waals surface area contributed by atoms with Crippen molar-refractivity contribution in [2.75, 3.05) is 26.2 Å². The molecule has 6 aliphatic carbocycles. The van der Waals surface area contributed by atoms with Crippen LogP contribution in [0.4, 0.5) is 0 Å². The Morgan fingerprint density at radius 3 is 2.23 bits per heavy atom. The lowest BCUT2D eigenvalue weighted by Gasteiger charge is -2.72. The molecule has 0 aromatic heterocycles. The van der Waals surface area contributed by atoms with Gasteiger partial charge in [-0.1, -0.05) is 54.0 Å². The molecular formula is C45H72N2O6. The molecule has 53 heavy (non-hydrogen) atoms. The third kappa shape index (κ3) is 6.96. The molecule has 8 nitrogen and oxygen atoms in total. The lowest BCUT2D eigenvalue weighted by Crippen LogP contribution is -2.65. The van der Waals surface area contributed by atoms with E-state index >= 15 is 0 Å². The van der Waals surface area contributed by atoms with E-state index in [2.05, 4.69) is 58.7 Å². The van der Waals surface area contributed by atoms with Crippen LogP contribution in [0, 0.1) is 62.1 Å². The van der Waals surface area contributed by atoms with Gasteiger partial charge in [-0.05, 0) is 142 Å².